The van der Waals surface area contributed by atoms with E-state index in [0.717, 1.165) is 25.7 Å². The lowest BCUT2D eigenvalue weighted by Crippen LogP contribution is -2.45. The summed E-state index contributed by atoms with van der Waals surface area (Å²) in [7, 11) is -3.72. The summed E-state index contributed by atoms with van der Waals surface area (Å²) in [5, 5.41) is 0.432. The maximum absolute atomic E-state index is 12.2. The fraction of sp³-hybridized carbons (Fsp3) is 0.556. The largest absolute Gasteiger partial charge is 0.456 e. The third-order valence-electron chi connectivity index (χ3n) is 4.52. The number of hydrogen-bond donors (Lipinski definition) is 1. The maximum atomic E-state index is 12.2. The molecular formula is C18H25ClN2O5S. The number of benzene rings is 1. The first kappa shape index (κ1) is 21.7. The number of amides is 1. The van der Waals surface area contributed by atoms with Gasteiger partial charge in [-0.25, -0.2) is 13.1 Å². The lowest BCUT2D eigenvalue weighted by Gasteiger charge is -2.35. The summed E-state index contributed by atoms with van der Waals surface area (Å²) < 4.78 is 31.5. The molecule has 1 aromatic carbocycles. The van der Waals surface area contributed by atoms with Crippen LogP contribution in [0, 0.1) is 0 Å². The molecule has 1 atom stereocenters. The van der Waals surface area contributed by atoms with Gasteiger partial charge < -0.3 is 9.64 Å². The number of carbonyl (C=O) groups excluding carboxylic acids is 2. The molecule has 1 saturated heterocycles. The normalized spacial score (nSPS) is 17.6. The molecule has 1 N–H and O–H groups in total. The standard InChI is InChI=1S/C18H25ClN2O5S/c1-2-15-5-3-4-12-21(15)17(22)13-26-18(23)10-11-20-27(24,25)16-8-6-14(19)7-9-16/h6-9,15,20H,2-5,10-13H2,1H3/t15-/m0/s1. The predicted octanol–water partition coefficient (Wildman–Crippen LogP) is 2.34. The SMILES string of the molecule is CC[C@H]1CCCCN1C(=O)COC(=O)CCNS(=O)(=O)c1ccc(Cl)cc1. The molecule has 0 unspecified atom stereocenters. The molecule has 0 bridgehead atoms. The fourth-order valence-corrected chi connectivity index (χ4v) is 4.19. The third kappa shape index (κ3) is 6.48. The highest BCUT2D eigenvalue weighted by molar-refractivity contribution is 7.89. The van der Waals surface area contributed by atoms with Crippen molar-refractivity contribution < 1.29 is 22.7 Å². The Balaban J connectivity index is 1.74. The smallest absolute Gasteiger partial charge is 0.307 e. The Morgan fingerprint density at radius 3 is 2.63 bits per heavy atom. The highest BCUT2D eigenvalue weighted by Gasteiger charge is 2.25. The van der Waals surface area contributed by atoms with E-state index in [2.05, 4.69) is 4.72 Å². The summed E-state index contributed by atoms with van der Waals surface area (Å²) in [5.41, 5.74) is 0. The van der Waals surface area contributed by atoms with Crippen molar-refractivity contribution >= 4 is 33.5 Å². The zero-order valence-electron chi connectivity index (χ0n) is 15.3. The van der Waals surface area contributed by atoms with Crippen LogP contribution in [0.25, 0.3) is 0 Å². The molecule has 0 aromatic heterocycles. The van der Waals surface area contributed by atoms with Crippen LogP contribution in [0.4, 0.5) is 0 Å². The monoisotopic (exact) mass is 416 g/mol. The van der Waals surface area contributed by atoms with E-state index in [4.69, 9.17) is 16.3 Å². The second-order valence-corrected chi connectivity index (χ2v) is 8.61. The van der Waals surface area contributed by atoms with Gasteiger partial charge in [-0.05, 0) is 49.9 Å². The van der Waals surface area contributed by atoms with Crippen LogP contribution < -0.4 is 4.72 Å². The minimum atomic E-state index is -3.72. The van der Waals surface area contributed by atoms with Crippen LogP contribution in [0.5, 0.6) is 0 Å². The molecule has 0 saturated carbocycles. The molecule has 1 aromatic rings. The molecule has 1 aliphatic heterocycles. The van der Waals surface area contributed by atoms with E-state index in [1.165, 1.54) is 24.3 Å². The Kier molecular flexibility index (Phi) is 8.07. The molecule has 2 rings (SSSR count). The first-order valence-electron chi connectivity index (χ1n) is 9.04. The molecule has 7 nitrogen and oxygen atoms in total. The lowest BCUT2D eigenvalue weighted by atomic mass is 10.00. The van der Waals surface area contributed by atoms with Gasteiger partial charge in [0.05, 0.1) is 11.3 Å². The molecule has 0 spiro atoms. The summed E-state index contributed by atoms with van der Waals surface area (Å²) in [6, 6.07) is 5.91. The van der Waals surface area contributed by atoms with Gasteiger partial charge in [0.25, 0.3) is 5.91 Å². The molecule has 1 fully saturated rings. The van der Waals surface area contributed by atoms with Crippen LogP contribution in [0.1, 0.15) is 39.0 Å². The first-order valence-corrected chi connectivity index (χ1v) is 10.9. The van der Waals surface area contributed by atoms with E-state index >= 15 is 0 Å². The Bertz CT molecular complexity index is 752. The van der Waals surface area contributed by atoms with E-state index < -0.39 is 16.0 Å². The van der Waals surface area contributed by atoms with Crippen molar-refractivity contribution in [1.29, 1.82) is 0 Å². The minimum Gasteiger partial charge on any atom is -0.456 e. The topological polar surface area (TPSA) is 92.8 Å². The zero-order valence-corrected chi connectivity index (χ0v) is 16.9. The van der Waals surface area contributed by atoms with E-state index in [1.807, 2.05) is 6.92 Å². The van der Waals surface area contributed by atoms with Crippen molar-refractivity contribution in [2.45, 2.75) is 50.0 Å². The average Bonchev–Trinajstić information content (AvgIpc) is 2.66. The molecule has 27 heavy (non-hydrogen) atoms. The lowest BCUT2D eigenvalue weighted by molar-refractivity contribution is -0.153. The number of halogens is 1. The average molecular weight is 417 g/mol. The number of esters is 1. The zero-order chi connectivity index (χ0) is 19.9. The molecule has 0 aliphatic carbocycles. The maximum Gasteiger partial charge on any atom is 0.307 e. The Morgan fingerprint density at radius 2 is 1.96 bits per heavy atom. The van der Waals surface area contributed by atoms with E-state index in [0.29, 0.717) is 11.6 Å². The Hall–Kier alpha value is -1.64. The highest BCUT2D eigenvalue weighted by Crippen LogP contribution is 2.19. The van der Waals surface area contributed by atoms with Gasteiger partial charge in [-0.2, -0.15) is 0 Å². The van der Waals surface area contributed by atoms with Crippen LogP contribution in [0.3, 0.4) is 0 Å². The van der Waals surface area contributed by atoms with E-state index in [9.17, 15) is 18.0 Å². The van der Waals surface area contributed by atoms with Crippen LogP contribution >= 0.6 is 11.6 Å². The van der Waals surface area contributed by atoms with Crippen molar-refractivity contribution in [1.82, 2.24) is 9.62 Å². The van der Waals surface area contributed by atoms with Gasteiger partial charge in [-0.1, -0.05) is 18.5 Å². The van der Waals surface area contributed by atoms with Crippen LogP contribution in [0.15, 0.2) is 29.2 Å². The van der Waals surface area contributed by atoms with Crippen molar-refractivity contribution in [3.05, 3.63) is 29.3 Å². The molecule has 1 amide bonds. The summed E-state index contributed by atoms with van der Waals surface area (Å²) in [4.78, 5) is 25.9. The highest BCUT2D eigenvalue weighted by atomic mass is 35.5. The van der Waals surface area contributed by atoms with Crippen LogP contribution in [0.2, 0.25) is 5.02 Å². The summed E-state index contributed by atoms with van der Waals surface area (Å²) in [5.74, 6) is -0.816. The number of sulfonamides is 1. The summed E-state index contributed by atoms with van der Waals surface area (Å²) in [6.45, 7) is 2.31. The molecule has 1 aliphatic rings. The second-order valence-electron chi connectivity index (χ2n) is 6.41. The van der Waals surface area contributed by atoms with Gasteiger partial charge in [0.1, 0.15) is 0 Å². The number of rotatable bonds is 8. The third-order valence-corrected chi connectivity index (χ3v) is 6.25. The molecule has 1 heterocycles. The second kappa shape index (κ2) is 10.1. The van der Waals surface area contributed by atoms with Crippen molar-refractivity contribution in [2.75, 3.05) is 19.7 Å². The van der Waals surface area contributed by atoms with Crippen molar-refractivity contribution in [3.63, 3.8) is 0 Å². The fourth-order valence-electron chi connectivity index (χ4n) is 3.04. The Morgan fingerprint density at radius 1 is 1.26 bits per heavy atom. The number of nitrogens with zero attached hydrogens (tertiary/aromatic N) is 1. The van der Waals surface area contributed by atoms with Gasteiger partial charge in [0, 0.05) is 24.2 Å². The number of piperidine rings is 1. The quantitative estimate of drug-likeness (QED) is 0.656. The van der Waals surface area contributed by atoms with Crippen LogP contribution in [-0.2, 0) is 24.3 Å². The van der Waals surface area contributed by atoms with Gasteiger partial charge in [0.15, 0.2) is 6.61 Å². The van der Waals surface area contributed by atoms with Crippen molar-refractivity contribution in [2.24, 2.45) is 0 Å². The number of hydrogen-bond acceptors (Lipinski definition) is 5. The van der Waals surface area contributed by atoms with Crippen molar-refractivity contribution in [3.8, 4) is 0 Å². The number of likely N-dealkylation sites (tertiary alicyclic amines) is 1. The van der Waals surface area contributed by atoms with Gasteiger partial charge in [-0.3, -0.25) is 9.59 Å². The molecule has 0 radical (unpaired) electrons. The number of nitrogens with one attached hydrogen (secondary N) is 1. The van der Waals surface area contributed by atoms with Gasteiger partial charge in [-0.15, -0.1) is 0 Å². The van der Waals surface area contributed by atoms with Gasteiger partial charge in [0.2, 0.25) is 10.0 Å². The number of carbonyl (C=O) groups is 2. The summed E-state index contributed by atoms with van der Waals surface area (Å²) in [6.07, 6.45) is 3.77. The van der Waals surface area contributed by atoms with Gasteiger partial charge >= 0.3 is 5.97 Å². The van der Waals surface area contributed by atoms with E-state index in [-0.39, 0.29) is 36.4 Å². The molecule has 150 valence electrons. The van der Waals surface area contributed by atoms with Crippen LogP contribution in [-0.4, -0.2) is 50.9 Å². The Labute approximate surface area is 165 Å². The molecular weight excluding hydrogens is 392 g/mol. The summed E-state index contributed by atoms with van der Waals surface area (Å²) >= 11 is 5.73. The minimum absolute atomic E-state index is 0.0613. The van der Waals surface area contributed by atoms with E-state index in [1.54, 1.807) is 4.90 Å². The first-order chi connectivity index (χ1) is 12.8. The number of ether oxygens (including phenoxy) is 1. The molecule has 9 heteroatoms. The predicted molar refractivity (Wildman–Crippen MR) is 102 cm³/mol.